The first-order chi connectivity index (χ1) is 32.3. The summed E-state index contributed by atoms with van der Waals surface area (Å²) in [4.78, 5) is 54.1. The van der Waals surface area contributed by atoms with Crippen molar-refractivity contribution in [3.05, 3.63) is 133 Å². The van der Waals surface area contributed by atoms with Gasteiger partial charge < -0.3 is 28.4 Å². The highest BCUT2D eigenvalue weighted by Gasteiger charge is 2.17. The standard InChI is InChI=1S/C52H59N3O10S/c1-4-7-8-15-32-55(52-54-45-20-13-14-21-47(45)66-52)53-38-41-37-44(64-50(58)39-22-26-42(27-23-39)60-33-16-9-11-18-35-62-48(56)5-2)30-31-46(41)65-51(59)40-24-28-43(29-25-40)61-34-17-10-12-19-36-63-49(57)6-3/h5-6,13-14,20-31,37-38H,2-4,7-12,15-19,32-36H2,1H3/b53-38+. The quantitative estimate of drug-likeness (QED) is 0.0108. The van der Waals surface area contributed by atoms with Gasteiger partial charge in [-0.3, -0.25) is 0 Å². The number of ether oxygens (including phenoxy) is 6. The van der Waals surface area contributed by atoms with E-state index in [0.717, 1.165) is 105 Å². The molecule has 66 heavy (non-hydrogen) atoms. The summed E-state index contributed by atoms with van der Waals surface area (Å²) in [6, 6.07) is 26.2. The van der Waals surface area contributed by atoms with Gasteiger partial charge in [-0.2, -0.15) is 5.10 Å². The fourth-order valence-electron chi connectivity index (χ4n) is 6.44. The molecule has 0 N–H and O–H groups in total. The number of benzene rings is 4. The van der Waals surface area contributed by atoms with Crippen LogP contribution in [0.3, 0.4) is 0 Å². The highest BCUT2D eigenvalue weighted by Crippen LogP contribution is 2.30. The Labute approximate surface area is 391 Å². The van der Waals surface area contributed by atoms with Crippen LogP contribution < -0.4 is 24.0 Å². The van der Waals surface area contributed by atoms with Crippen molar-refractivity contribution in [3.63, 3.8) is 0 Å². The Morgan fingerprint density at radius 3 is 1.71 bits per heavy atom. The molecular formula is C52H59N3O10S. The summed E-state index contributed by atoms with van der Waals surface area (Å²) in [5.41, 5.74) is 1.93. The predicted octanol–water partition coefficient (Wildman–Crippen LogP) is 11.5. The maximum atomic E-state index is 13.6. The number of esters is 4. The van der Waals surface area contributed by atoms with Gasteiger partial charge in [-0.15, -0.1) is 0 Å². The molecule has 0 radical (unpaired) electrons. The highest BCUT2D eigenvalue weighted by molar-refractivity contribution is 7.22. The molecule has 348 valence electrons. The van der Waals surface area contributed by atoms with Crippen molar-refractivity contribution < 1.29 is 47.6 Å². The molecule has 1 aromatic heterocycles. The molecule has 0 saturated carbocycles. The van der Waals surface area contributed by atoms with Gasteiger partial charge in [0.05, 0.1) is 54.0 Å². The van der Waals surface area contributed by atoms with Gasteiger partial charge in [0.1, 0.15) is 23.0 Å². The lowest BCUT2D eigenvalue weighted by atomic mass is 10.2. The van der Waals surface area contributed by atoms with Gasteiger partial charge in [-0.25, -0.2) is 29.2 Å². The van der Waals surface area contributed by atoms with Crippen molar-refractivity contribution in [1.82, 2.24) is 4.98 Å². The van der Waals surface area contributed by atoms with Gasteiger partial charge in [0.15, 0.2) is 0 Å². The number of carbonyl (C=O) groups is 4. The van der Waals surface area contributed by atoms with Crippen LogP contribution in [-0.4, -0.2) is 68.0 Å². The lowest BCUT2D eigenvalue weighted by Crippen LogP contribution is -2.18. The van der Waals surface area contributed by atoms with Crippen molar-refractivity contribution in [2.24, 2.45) is 5.10 Å². The minimum absolute atomic E-state index is 0.219. The molecule has 0 unspecified atom stereocenters. The molecule has 0 saturated heterocycles. The van der Waals surface area contributed by atoms with Gasteiger partial charge in [0, 0.05) is 24.3 Å². The van der Waals surface area contributed by atoms with Crippen LogP contribution in [-0.2, 0) is 19.1 Å². The Bertz CT molecular complexity index is 2330. The van der Waals surface area contributed by atoms with Crippen LogP contribution in [0.5, 0.6) is 23.0 Å². The summed E-state index contributed by atoms with van der Waals surface area (Å²) in [5, 5.41) is 7.46. The van der Waals surface area contributed by atoms with Gasteiger partial charge in [-0.05, 0) is 137 Å². The average molecular weight is 918 g/mol. The smallest absolute Gasteiger partial charge is 0.343 e. The SMILES string of the molecule is C=CC(=O)OCCCCCCOc1ccc(C(=O)Oc2ccc(OC(=O)c3ccc(OCCCCCCOC(=O)C=C)cc3)c(/C=N/N(CCCCCC)c3nc4ccccc4s3)c2)cc1. The van der Waals surface area contributed by atoms with Gasteiger partial charge >= 0.3 is 23.9 Å². The number of thiazole rings is 1. The second-order valence-electron chi connectivity index (χ2n) is 15.2. The molecule has 4 aromatic carbocycles. The van der Waals surface area contributed by atoms with Gasteiger partial charge in [0.2, 0.25) is 5.13 Å². The van der Waals surface area contributed by atoms with E-state index in [4.69, 9.17) is 38.5 Å². The third-order valence-electron chi connectivity index (χ3n) is 10.1. The van der Waals surface area contributed by atoms with Gasteiger partial charge in [-0.1, -0.05) is 62.8 Å². The Balaban J connectivity index is 1.24. The molecule has 0 amide bonds. The number of anilines is 1. The van der Waals surface area contributed by atoms with Crippen LogP contribution in [0.15, 0.2) is 121 Å². The molecular weight excluding hydrogens is 859 g/mol. The maximum absolute atomic E-state index is 13.6. The van der Waals surface area contributed by atoms with Crippen molar-refractivity contribution in [1.29, 1.82) is 0 Å². The minimum Gasteiger partial charge on any atom is -0.494 e. The van der Waals surface area contributed by atoms with Crippen molar-refractivity contribution in [2.75, 3.05) is 38.0 Å². The summed E-state index contributed by atoms with van der Waals surface area (Å²) in [6.07, 6.45) is 14.9. The monoisotopic (exact) mass is 917 g/mol. The van der Waals surface area contributed by atoms with E-state index in [2.05, 4.69) is 20.1 Å². The molecule has 5 rings (SSSR count). The Kier molecular flexibility index (Phi) is 21.4. The summed E-state index contributed by atoms with van der Waals surface area (Å²) in [7, 11) is 0. The lowest BCUT2D eigenvalue weighted by molar-refractivity contribution is -0.138. The van der Waals surface area contributed by atoms with E-state index in [-0.39, 0.29) is 11.5 Å². The second kappa shape index (κ2) is 28.2. The number of unbranched alkanes of at least 4 members (excludes halogenated alkanes) is 9. The number of hydrogen-bond acceptors (Lipinski definition) is 14. The normalized spacial score (nSPS) is 10.9. The molecule has 1 heterocycles. The molecule has 0 aliphatic rings. The van der Waals surface area contributed by atoms with Gasteiger partial charge in [0.25, 0.3) is 0 Å². The number of hydrogen-bond donors (Lipinski definition) is 0. The highest BCUT2D eigenvalue weighted by atomic mass is 32.1. The number of fused-ring (bicyclic) bond motifs is 1. The maximum Gasteiger partial charge on any atom is 0.343 e. The molecule has 0 aliphatic carbocycles. The van der Waals surface area contributed by atoms with Crippen LogP contribution in [0.25, 0.3) is 10.2 Å². The first-order valence-electron chi connectivity index (χ1n) is 22.6. The van der Waals surface area contributed by atoms with E-state index in [1.165, 1.54) is 0 Å². The van der Waals surface area contributed by atoms with E-state index < -0.39 is 23.9 Å². The topological polar surface area (TPSA) is 152 Å². The summed E-state index contributed by atoms with van der Waals surface area (Å²) < 4.78 is 34.6. The largest absolute Gasteiger partial charge is 0.494 e. The predicted molar refractivity (Wildman–Crippen MR) is 258 cm³/mol. The number of aromatic nitrogens is 1. The molecule has 0 fully saturated rings. The zero-order valence-corrected chi connectivity index (χ0v) is 38.5. The van der Waals surface area contributed by atoms with Crippen LogP contribution in [0.1, 0.15) is 110 Å². The third-order valence-corrected chi connectivity index (χ3v) is 11.1. The number of rotatable bonds is 30. The Hall–Kier alpha value is -6.80. The molecule has 14 heteroatoms. The zero-order valence-electron chi connectivity index (χ0n) is 37.7. The third kappa shape index (κ3) is 17.3. The second-order valence-corrected chi connectivity index (χ2v) is 16.2. The van der Waals surface area contributed by atoms with Crippen molar-refractivity contribution >= 4 is 56.8 Å². The summed E-state index contributed by atoms with van der Waals surface area (Å²) in [5.74, 6) is -0.300. The number of nitrogens with zero attached hydrogens (tertiary/aromatic N) is 3. The van der Waals surface area contributed by atoms with Crippen LogP contribution in [0, 0.1) is 0 Å². The Morgan fingerprint density at radius 2 is 1.15 bits per heavy atom. The number of para-hydroxylation sites is 1. The fraction of sp³-hybridized carbons (Fsp3) is 0.346. The first kappa shape index (κ1) is 50.2. The fourth-order valence-corrected chi connectivity index (χ4v) is 7.38. The van der Waals surface area contributed by atoms with E-state index in [1.54, 1.807) is 84.3 Å². The average Bonchev–Trinajstić information content (AvgIpc) is 3.78. The van der Waals surface area contributed by atoms with Crippen molar-refractivity contribution in [3.8, 4) is 23.0 Å². The minimum atomic E-state index is -0.588. The zero-order chi connectivity index (χ0) is 46.8. The Morgan fingerprint density at radius 1 is 0.621 bits per heavy atom. The van der Waals surface area contributed by atoms with E-state index in [1.807, 2.05) is 29.3 Å². The number of hydrazone groups is 1. The summed E-state index contributed by atoms with van der Waals surface area (Å²) >= 11 is 1.54. The molecule has 13 nitrogen and oxygen atoms in total. The van der Waals surface area contributed by atoms with E-state index in [9.17, 15) is 19.2 Å². The molecule has 0 aliphatic heterocycles. The van der Waals surface area contributed by atoms with Crippen molar-refractivity contribution in [2.45, 2.75) is 84.0 Å². The van der Waals surface area contributed by atoms with Crippen LogP contribution in [0.4, 0.5) is 5.13 Å². The number of carbonyl (C=O) groups excluding carboxylic acids is 4. The van der Waals surface area contributed by atoms with Crippen LogP contribution >= 0.6 is 11.3 Å². The first-order valence-corrected chi connectivity index (χ1v) is 23.4. The molecule has 0 atom stereocenters. The lowest BCUT2D eigenvalue weighted by Gasteiger charge is -2.16. The van der Waals surface area contributed by atoms with E-state index in [0.29, 0.717) is 61.2 Å². The summed E-state index contributed by atoms with van der Waals surface area (Å²) in [6.45, 7) is 11.3. The molecule has 0 spiro atoms. The molecule has 0 bridgehead atoms. The molecule has 5 aromatic rings. The van der Waals surface area contributed by atoms with Crippen LogP contribution in [0.2, 0.25) is 0 Å². The van der Waals surface area contributed by atoms with E-state index >= 15 is 0 Å².